The van der Waals surface area contributed by atoms with Gasteiger partial charge in [0, 0.05) is 0 Å². The number of ether oxygens (including phenoxy) is 2. The number of rotatable bonds is 9. The number of allylic oxidation sites excluding steroid dienone is 1. The van der Waals surface area contributed by atoms with Crippen LogP contribution in [0, 0.1) is 35.3 Å². The van der Waals surface area contributed by atoms with Crippen LogP contribution < -0.4 is 9.47 Å². The predicted molar refractivity (Wildman–Crippen MR) is 125 cm³/mol. The van der Waals surface area contributed by atoms with E-state index in [9.17, 15) is 8.78 Å². The van der Waals surface area contributed by atoms with Crippen molar-refractivity contribution in [2.24, 2.45) is 23.7 Å². The molecule has 1 atom stereocenters. The Morgan fingerprint density at radius 1 is 0.812 bits per heavy atom. The third-order valence-corrected chi connectivity index (χ3v) is 8.17. The Balaban J connectivity index is 1.23. The molecule has 32 heavy (non-hydrogen) atoms. The Labute approximate surface area is 192 Å². The highest BCUT2D eigenvalue weighted by molar-refractivity contribution is 5.35. The van der Waals surface area contributed by atoms with Crippen molar-refractivity contribution in [2.45, 2.75) is 90.4 Å². The molecule has 4 heteroatoms. The number of halogens is 2. The molecule has 0 radical (unpaired) electrons. The van der Waals surface area contributed by atoms with E-state index < -0.39 is 11.6 Å². The average molecular weight is 447 g/mol. The van der Waals surface area contributed by atoms with Gasteiger partial charge in [-0.3, -0.25) is 0 Å². The van der Waals surface area contributed by atoms with Gasteiger partial charge in [0.05, 0.1) is 6.61 Å². The van der Waals surface area contributed by atoms with Crippen molar-refractivity contribution < 1.29 is 18.3 Å². The molecular weight excluding hydrogens is 406 g/mol. The van der Waals surface area contributed by atoms with Crippen LogP contribution in [-0.4, -0.2) is 13.2 Å². The van der Waals surface area contributed by atoms with E-state index in [0.717, 1.165) is 43.4 Å². The minimum atomic E-state index is -0.938. The molecule has 0 heterocycles. The summed E-state index contributed by atoms with van der Waals surface area (Å²) in [7, 11) is 0. The highest BCUT2D eigenvalue weighted by atomic mass is 19.2. The Hall–Kier alpha value is -1.58. The molecule has 3 aliphatic rings. The van der Waals surface area contributed by atoms with Gasteiger partial charge in [0.1, 0.15) is 6.61 Å². The maximum atomic E-state index is 14.5. The summed E-state index contributed by atoms with van der Waals surface area (Å²) in [5.41, 5.74) is 1.21. The second-order valence-corrected chi connectivity index (χ2v) is 10.4. The van der Waals surface area contributed by atoms with Crippen molar-refractivity contribution in [3.05, 3.63) is 35.4 Å². The first-order chi connectivity index (χ1) is 15.6. The smallest absolute Gasteiger partial charge is 0.204 e. The largest absolute Gasteiger partial charge is 0.490 e. The van der Waals surface area contributed by atoms with Crippen LogP contribution in [0.25, 0.3) is 0 Å². The fraction of sp³-hybridized carbons (Fsp3) is 0.714. The topological polar surface area (TPSA) is 18.5 Å². The van der Waals surface area contributed by atoms with E-state index in [4.69, 9.17) is 9.47 Å². The van der Waals surface area contributed by atoms with E-state index in [1.807, 2.05) is 0 Å². The van der Waals surface area contributed by atoms with Crippen LogP contribution in [0.5, 0.6) is 11.5 Å². The summed E-state index contributed by atoms with van der Waals surface area (Å²) < 4.78 is 40.2. The second kappa shape index (κ2) is 11.5. The first-order valence-corrected chi connectivity index (χ1v) is 13.1. The van der Waals surface area contributed by atoms with E-state index in [1.165, 1.54) is 75.5 Å². The highest BCUT2D eigenvalue weighted by Gasteiger charge is 2.28. The third-order valence-electron chi connectivity index (χ3n) is 8.17. The summed E-state index contributed by atoms with van der Waals surface area (Å²) in [5, 5.41) is 0. The molecule has 2 nitrogen and oxygen atoms in total. The minimum Gasteiger partial charge on any atom is -0.490 e. The van der Waals surface area contributed by atoms with Crippen molar-refractivity contribution in [1.82, 2.24) is 0 Å². The molecule has 0 N–H and O–H groups in total. The molecule has 2 saturated carbocycles. The highest BCUT2D eigenvalue weighted by Crippen LogP contribution is 2.40. The van der Waals surface area contributed by atoms with Crippen molar-refractivity contribution in [2.75, 3.05) is 13.2 Å². The zero-order chi connectivity index (χ0) is 22.3. The van der Waals surface area contributed by atoms with Gasteiger partial charge in [0.2, 0.25) is 11.6 Å². The van der Waals surface area contributed by atoms with Crippen LogP contribution in [0.15, 0.2) is 23.8 Å². The summed E-state index contributed by atoms with van der Waals surface area (Å²) in [6.07, 6.45) is 18.5. The lowest BCUT2D eigenvalue weighted by atomic mass is 9.71. The number of benzene rings is 1. The minimum absolute atomic E-state index is 0.00451. The summed E-state index contributed by atoms with van der Waals surface area (Å²) in [5.74, 6) is 1.17. The quantitative estimate of drug-likeness (QED) is 0.356. The maximum absolute atomic E-state index is 14.5. The molecule has 2 fully saturated rings. The van der Waals surface area contributed by atoms with E-state index >= 15 is 0 Å². The first kappa shape index (κ1) is 23.6. The van der Waals surface area contributed by atoms with Crippen molar-refractivity contribution in [3.8, 4) is 11.5 Å². The van der Waals surface area contributed by atoms with E-state index in [0.29, 0.717) is 19.1 Å². The average Bonchev–Trinajstić information content (AvgIpc) is 3.34. The molecule has 1 unspecified atom stereocenters. The second-order valence-electron chi connectivity index (χ2n) is 10.4. The molecule has 0 spiro atoms. The summed E-state index contributed by atoms with van der Waals surface area (Å²) in [6.45, 7) is 3.10. The fourth-order valence-electron chi connectivity index (χ4n) is 6.12. The normalized spacial score (nSPS) is 26.7. The van der Waals surface area contributed by atoms with E-state index in [1.54, 1.807) is 0 Å². The van der Waals surface area contributed by atoms with Gasteiger partial charge in [-0.2, -0.15) is 8.78 Å². The monoisotopic (exact) mass is 446 g/mol. The van der Waals surface area contributed by atoms with Crippen LogP contribution >= 0.6 is 0 Å². The molecule has 4 rings (SSSR count). The standard InChI is InChI=1S/C28H40F2O2/c1-2-5-20-8-12-23(13-9-20)24-14-10-22(11-15-24)19-32-26-17-16-25(27(29)28(26)30)31-18-21-6-3-4-7-21/h10,16-17,20-21,23-24H,2-9,11-15,18-19H2,1H3. The van der Waals surface area contributed by atoms with Crippen molar-refractivity contribution >= 4 is 0 Å². The molecule has 0 amide bonds. The van der Waals surface area contributed by atoms with Gasteiger partial charge in [-0.25, -0.2) is 0 Å². The zero-order valence-corrected chi connectivity index (χ0v) is 19.7. The molecule has 3 aliphatic carbocycles. The van der Waals surface area contributed by atoms with Gasteiger partial charge in [-0.05, 0) is 86.3 Å². The predicted octanol–water partition coefficient (Wildman–Crippen LogP) is 8.25. The SMILES string of the molecule is CCCC1CCC(C2CC=C(COc3ccc(OCC4CCCC4)c(F)c3F)CC2)CC1. The Kier molecular flexibility index (Phi) is 8.49. The molecule has 0 bridgehead atoms. The van der Waals surface area contributed by atoms with Crippen LogP contribution in [-0.2, 0) is 0 Å². The first-order valence-electron chi connectivity index (χ1n) is 13.1. The summed E-state index contributed by atoms with van der Waals surface area (Å²) >= 11 is 0. The van der Waals surface area contributed by atoms with Gasteiger partial charge in [-0.15, -0.1) is 0 Å². The van der Waals surface area contributed by atoms with E-state index in [-0.39, 0.29) is 11.5 Å². The Bertz CT molecular complexity index is 761. The molecule has 178 valence electrons. The Morgan fingerprint density at radius 2 is 1.50 bits per heavy atom. The lowest BCUT2D eigenvalue weighted by Gasteiger charge is -2.35. The molecule has 0 aliphatic heterocycles. The number of hydrogen-bond donors (Lipinski definition) is 0. The van der Waals surface area contributed by atoms with Gasteiger partial charge in [0.15, 0.2) is 11.5 Å². The maximum Gasteiger partial charge on any atom is 0.204 e. The molecule has 1 aromatic carbocycles. The van der Waals surface area contributed by atoms with E-state index in [2.05, 4.69) is 13.0 Å². The third kappa shape index (κ3) is 6.05. The van der Waals surface area contributed by atoms with Gasteiger partial charge in [-0.1, -0.05) is 51.5 Å². The van der Waals surface area contributed by atoms with Crippen LogP contribution in [0.1, 0.15) is 90.4 Å². The van der Waals surface area contributed by atoms with Gasteiger partial charge in [0.25, 0.3) is 0 Å². The van der Waals surface area contributed by atoms with Crippen LogP contribution in [0.4, 0.5) is 8.78 Å². The molecule has 0 aromatic heterocycles. The lowest BCUT2D eigenvalue weighted by molar-refractivity contribution is 0.184. The fourth-order valence-corrected chi connectivity index (χ4v) is 6.12. The molecule has 1 aromatic rings. The van der Waals surface area contributed by atoms with Crippen molar-refractivity contribution in [3.63, 3.8) is 0 Å². The van der Waals surface area contributed by atoms with Crippen LogP contribution in [0.2, 0.25) is 0 Å². The van der Waals surface area contributed by atoms with Gasteiger partial charge >= 0.3 is 0 Å². The lowest BCUT2D eigenvalue weighted by Crippen LogP contribution is -2.23. The van der Waals surface area contributed by atoms with Crippen LogP contribution in [0.3, 0.4) is 0 Å². The summed E-state index contributed by atoms with van der Waals surface area (Å²) in [4.78, 5) is 0. The van der Waals surface area contributed by atoms with Crippen molar-refractivity contribution in [1.29, 1.82) is 0 Å². The Morgan fingerprint density at radius 3 is 2.12 bits per heavy atom. The molecular formula is C28H40F2O2. The molecule has 0 saturated heterocycles. The number of hydrogen-bond acceptors (Lipinski definition) is 2. The summed E-state index contributed by atoms with van der Waals surface area (Å²) in [6, 6.07) is 3.01. The zero-order valence-electron chi connectivity index (χ0n) is 19.7. The van der Waals surface area contributed by atoms with Gasteiger partial charge < -0.3 is 9.47 Å².